The van der Waals surface area contributed by atoms with Gasteiger partial charge in [-0.05, 0) is 71.4 Å². The third-order valence-corrected chi connectivity index (χ3v) is 8.39. The third-order valence-electron chi connectivity index (χ3n) is 8.39. The Labute approximate surface area is 292 Å². The molecule has 0 saturated heterocycles. The first kappa shape index (κ1) is 31.1. The first-order valence-corrected chi connectivity index (χ1v) is 15.6. The second-order valence-corrected chi connectivity index (χ2v) is 11.7. The van der Waals surface area contributed by atoms with Gasteiger partial charge >= 0.3 is 0 Å². The molecular formula is C43H29IrN3O-2. The Bertz CT molecular complexity index is 2510. The van der Waals surface area contributed by atoms with Crippen LogP contribution in [0.1, 0.15) is 11.3 Å². The Morgan fingerprint density at radius 2 is 1.35 bits per heavy atom. The largest absolute Gasteiger partial charge is 0.498 e. The number of hydrogen-bond acceptors (Lipinski definition) is 4. The average Bonchev–Trinajstić information content (AvgIpc) is 3.52. The van der Waals surface area contributed by atoms with Gasteiger partial charge in [-0.2, -0.15) is 0 Å². The van der Waals surface area contributed by atoms with E-state index in [4.69, 9.17) is 14.4 Å². The molecule has 4 heterocycles. The third kappa shape index (κ3) is 6.02. The molecule has 0 aliphatic carbocycles. The van der Waals surface area contributed by atoms with Crippen LogP contribution in [-0.4, -0.2) is 15.0 Å². The second-order valence-electron chi connectivity index (χ2n) is 11.7. The normalized spacial score (nSPS) is 11.0. The van der Waals surface area contributed by atoms with Crippen LogP contribution in [0, 0.1) is 26.0 Å². The molecule has 4 aromatic heterocycles. The zero-order chi connectivity index (χ0) is 31.7. The second kappa shape index (κ2) is 13.3. The van der Waals surface area contributed by atoms with E-state index >= 15 is 0 Å². The molecule has 4 nitrogen and oxygen atoms in total. The van der Waals surface area contributed by atoms with Gasteiger partial charge in [0.15, 0.2) is 0 Å². The fraction of sp³-hybridized carbons (Fsp3) is 0.0465. The van der Waals surface area contributed by atoms with Crippen LogP contribution in [0.15, 0.2) is 144 Å². The Morgan fingerprint density at radius 1 is 0.562 bits per heavy atom. The van der Waals surface area contributed by atoms with Gasteiger partial charge in [0.2, 0.25) is 0 Å². The summed E-state index contributed by atoms with van der Waals surface area (Å²) >= 11 is 0. The van der Waals surface area contributed by atoms with Gasteiger partial charge in [0, 0.05) is 49.0 Å². The summed E-state index contributed by atoms with van der Waals surface area (Å²) in [6.45, 7) is 4.13. The molecule has 5 aromatic carbocycles. The Hall–Kier alpha value is -5.48. The fourth-order valence-electron chi connectivity index (χ4n) is 6.04. The minimum absolute atomic E-state index is 0. The van der Waals surface area contributed by atoms with Gasteiger partial charge in [0.05, 0.1) is 5.58 Å². The monoisotopic (exact) mass is 796 g/mol. The summed E-state index contributed by atoms with van der Waals surface area (Å²) in [7, 11) is 0. The summed E-state index contributed by atoms with van der Waals surface area (Å²) in [6, 6.07) is 49.9. The summed E-state index contributed by atoms with van der Waals surface area (Å²) in [5.41, 5.74) is 10.7. The van der Waals surface area contributed by atoms with E-state index in [2.05, 4.69) is 96.8 Å². The average molecular weight is 796 g/mol. The predicted molar refractivity (Wildman–Crippen MR) is 192 cm³/mol. The summed E-state index contributed by atoms with van der Waals surface area (Å²) in [5.74, 6) is 0. The van der Waals surface area contributed by atoms with E-state index in [0.717, 1.165) is 72.2 Å². The molecular weight excluding hydrogens is 767 g/mol. The molecule has 233 valence electrons. The van der Waals surface area contributed by atoms with Gasteiger partial charge in [0.25, 0.3) is 0 Å². The van der Waals surface area contributed by atoms with Crippen LogP contribution in [0.4, 0.5) is 0 Å². The maximum Gasteiger partial charge on any atom is 0.147 e. The molecule has 0 amide bonds. The SMILES string of the molecule is Cc1ccc2ccc(-c3ccnc(-c4[c-]ccc5c4oc4c5ccc5ccc(C)nc54)c3)cc2c1.[Ir].[c-]1ccccc1-c1ccccn1. The van der Waals surface area contributed by atoms with Gasteiger partial charge in [0.1, 0.15) is 11.1 Å². The van der Waals surface area contributed by atoms with Crippen LogP contribution >= 0.6 is 0 Å². The summed E-state index contributed by atoms with van der Waals surface area (Å²) < 4.78 is 6.49. The van der Waals surface area contributed by atoms with E-state index in [1.165, 1.54) is 16.3 Å². The maximum absolute atomic E-state index is 6.49. The zero-order valence-corrected chi connectivity index (χ0v) is 28.8. The first-order valence-electron chi connectivity index (χ1n) is 15.6. The Balaban J connectivity index is 0.000000237. The molecule has 0 fully saturated rings. The molecule has 9 aromatic rings. The van der Waals surface area contributed by atoms with Crippen molar-refractivity contribution in [1.29, 1.82) is 0 Å². The van der Waals surface area contributed by atoms with E-state index in [1.54, 1.807) is 6.20 Å². The first-order chi connectivity index (χ1) is 23.1. The quantitative estimate of drug-likeness (QED) is 0.167. The number of rotatable bonds is 3. The molecule has 0 bridgehead atoms. The van der Waals surface area contributed by atoms with E-state index in [1.807, 2.05) is 67.7 Å². The molecule has 9 rings (SSSR count). The van der Waals surface area contributed by atoms with Crippen LogP contribution in [0.25, 0.3) is 77.3 Å². The van der Waals surface area contributed by atoms with Crippen molar-refractivity contribution in [1.82, 2.24) is 15.0 Å². The van der Waals surface area contributed by atoms with Gasteiger partial charge < -0.3 is 14.4 Å². The predicted octanol–water partition coefficient (Wildman–Crippen LogP) is 11.0. The number of nitrogens with zero attached hydrogens (tertiary/aromatic N) is 3. The van der Waals surface area contributed by atoms with Gasteiger partial charge in [-0.25, -0.2) is 4.98 Å². The van der Waals surface area contributed by atoms with Crippen LogP contribution in [-0.2, 0) is 20.1 Å². The van der Waals surface area contributed by atoms with Gasteiger partial charge in [-0.1, -0.05) is 83.2 Å². The zero-order valence-electron chi connectivity index (χ0n) is 26.4. The van der Waals surface area contributed by atoms with E-state index < -0.39 is 0 Å². The van der Waals surface area contributed by atoms with Crippen LogP contribution < -0.4 is 0 Å². The summed E-state index contributed by atoms with van der Waals surface area (Å²) in [4.78, 5) is 13.7. The van der Waals surface area contributed by atoms with Crippen LogP contribution in [0.2, 0.25) is 0 Å². The van der Waals surface area contributed by atoms with Crippen molar-refractivity contribution in [3.8, 4) is 33.6 Å². The number of benzene rings is 5. The molecule has 1 radical (unpaired) electrons. The number of aromatic nitrogens is 3. The summed E-state index contributed by atoms with van der Waals surface area (Å²) in [6.07, 6.45) is 3.65. The molecule has 5 heteroatoms. The molecule has 0 atom stereocenters. The number of pyridine rings is 3. The topological polar surface area (TPSA) is 51.8 Å². The standard InChI is InChI=1S/C32H21N2O.C11H8N.Ir/c1-19-6-8-21-10-11-23(17-25(21)16-19)24-14-15-33-29(18-24)28-5-3-4-26-27-13-12-22-9-7-20(2)34-30(22)32(27)35-31(26)28;1-2-6-10(7-3-1)11-8-4-5-9-12-11;/h3-4,6-18H,1-2H3;1-6,8-9H;/q2*-1;. The van der Waals surface area contributed by atoms with E-state index in [0.29, 0.717) is 0 Å². The van der Waals surface area contributed by atoms with Crippen molar-refractivity contribution < 1.29 is 24.5 Å². The van der Waals surface area contributed by atoms with Crippen molar-refractivity contribution in [2.75, 3.05) is 0 Å². The summed E-state index contributed by atoms with van der Waals surface area (Å²) in [5, 5.41) is 5.65. The van der Waals surface area contributed by atoms with Crippen molar-refractivity contribution >= 4 is 43.6 Å². The van der Waals surface area contributed by atoms with Crippen molar-refractivity contribution in [3.63, 3.8) is 0 Å². The minimum atomic E-state index is 0. The molecule has 0 N–H and O–H groups in total. The molecule has 48 heavy (non-hydrogen) atoms. The smallest absolute Gasteiger partial charge is 0.147 e. The molecule has 0 saturated carbocycles. The van der Waals surface area contributed by atoms with Gasteiger partial charge in [-0.3, -0.25) is 0 Å². The Kier molecular flexibility index (Phi) is 8.64. The van der Waals surface area contributed by atoms with Crippen molar-refractivity contribution in [2.24, 2.45) is 0 Å². The Morgan fingerprint density at radius 3 is 2.21 bits per heavy atom. The molecule has 0 spiro atoms. The van der Waals surface area contributed by atoms with Gasteiger partial charge in [-0.15, -0.1) is 54.1 Å². The fourth-order valence-corrected chi connectivity index (χ4v) is 6.04. The van der Waals surface area contributed by atoms with Crippen molar-refractivity contribution in [2.45, 2.75) is 13.8 Å². The van der Waals surface area contributed by atoms with E-state index in [9.17, 15) is 0 Å². The number of fused-ring (bicyclic) bond motifs is 6. The maximum atomic E-state index is 6.49. The number of furan rings is 1. The van der Waals surface area contributed by atoms with E-state index in [-0.39, 0.29) is 20.1 Å². The van der Waals surface area contributed by atoms with Crippen molar-refractivity contribution in [3.05, 3.63) is 163 Å². The molecule has 0 unspecified atom stereocenters. The molecule has 0 aliphatic heterocycles. The molecule has 0 aliphatic rings. The minimum Gasteiger partial charge on any atom is -0.498 e. The number of aryl methyl sites for hydroxylation is 2. The van der Waals surface area contributed by atoms with Crippen LogP contribution in [0.5, 0.6) is 0 Å². The number of hydrogen-bond donors (Lipinski definition) is 0. The van der Waals surface area contributed by atoms with Crippen LogP contribution in [0.3, 0.4) is 0 Å².